The molecule has 0 amide bonds. The highest BCUT2D eigenvalue weighted by Crippen LogP contribution is 2.47. The summed E-state index contributed by atoms with van der Waals surface area (Å²) < 4.78 is 103. The molecule has 9 aromatic rings. The lowest BCUT2D eigenvalue weighted by Crippen LogP contribution is -2.43. The van der Waals surface area contributed by atoms with Crippen LogP contribution in [0.25, 0.3) is 32.3 Å². The number of hydrogen-bond donors (Lipinski definition) is 0. The fourth-order valence-electron chi connectivity index (χ4n) is 18.2. The first-order valence-electron chi connectivity index (χ1n) is 54.3. The van der Waals surface area contributed by atoms with Gasteiger partial charge in [0.25, 0.3) is 0 Å². The summed E-state index contributed by atoms with van der Waals surface area (Å²) in [4.78, 5) is 0. The minimum Gasteiger partial charge on any atom is -0.377 e. The van der Waals surface area contributed by atoms with Gasteiger partial charge in [-0.15, -0.1) is 0 Å². The third-order valence-electron chi connectivity index (χ3n) is 29.2. The second-order valence-corrected chi connectivity index (χ2v) is 61.2. The van der Waals surface area contributed by atoms with Gasteiger partial charge in [-0.3, -0.25) is 0 Å². The van der Waals surface area contributed by atoms with Crippen molar-refractivity contribution in [1.82, 2.24) is 0 Å². The van der Waals surface area contributed by atoms with E-state index >= 15 is 0 Å². The van der Waals surface area contributed by atoms with Gasteiger partial charge in [-0.1, -0.05) is 495 Å². The molecule has 1 saturated carbocycles. The Morgan fingerprint density at radius 1 is 0.188 bits per heavy atom. The molecule has 0 radical (unpaired) electrons. The average molecular weight is 2000 g/mol. The maximum Gasteiger partial charge on any atom is 0.162 e. The summed E-state index contributed by atoms with van der Waals surface area (Å²) in [6.07, 6.45) is 8.77. The number of hydrogen-bond acceptors (Lipinski definition) is 3. The Labute approximate surface area is 880 Å². The van der Waals surface area contributed by atoms with Gasteiger partial charge in [0.15, 0.2) is 6.29 Å². The Balaban J connectivity index is 0.000000339. The van der Waals surface area contributed by atoms with E-state index < -0.39 is 34.1 Å². The van der Waals surface area contributed by atoms with Gasteiger partial charge in [0.05, 0.1) is 25.9 Å². The van der Waals surface area contributed by atoms with Crippen molar-refractivity contribution in [1.29, 1.82) is 0 Å². The van der Waals surface area contributed by atoms with Crippen LogP contribution in [-0.2, 0) is 79.2 Å². The first kappa shape index (κ1) is 130. The van der Waals surface area contributed by atoms with E-state index in [0.717, 1.165) is 70.6 Å². The van der Waals surface area contributed by atoms with Crippen LogP contribution in [0.4, 0.5) is 26.3 Å². The van der Waals surface area contributed by atoms with E-state index in [4.69, 9.17) is 14.2 Å². The summed E-state index contributed by atoms with van der Waals surface area (Å²) >= 11 is 0. The third-order valence-corrected chi connectivity index (χ3v) is 29.2. The Kier molecular flexibility index (Phi) is 43.4. The van der Waals surface area contributed by atoms with Crippen molar-refractivity contribution in [3.05, 3.63) is 247 Å². The molecule has 810 valence electrons. The smallest absolute Gasteiger partial charge is 0.162 e. The first-order chi connectivity index (χ1) is 64.3. The molecule has 2 aliphatic heterocycles. The van der Waals surface area contributed by atoms with Crippen LogP contribution in [0.15, 0.2) is 146 Å². The first-order valence-corrected chi connectivity index (χ1v) is 54.3. The molecule has 12 rings (SSSR count). The summed E-state index contributed by atoms with van der Waals surface area (Å²) in [5.74, 6) is 1.21. The molecule has 2 unspecified atom stereocenters. The molecule has 0 spiro atoms. The summed E-state index contributed by atoms with van der Waals surface area (Å²) in [5.41, 5.74) is 13.1. The summed E-state index contributed by atoms with van der Waals surface area (Å²) in [6.45, 7) is 119. The lowest BCUT2D eigenvalue weighted by Gasteiger charge is -2.41. The van der Waals surface area contributed by atoms with E-state index in [1.807, 2.05) is 152 Å². The minimum atomic E-state index is -0.551. The Morgan fingerprint density at radius 3 is 0.743 bits per heavy atom. The number of ether oxygens (including phenoxy) is 3. The summed E-state index contributed by atoms with van der Waals surface area (Å²) in [6, 6.07) is 48.2. The van der Waals surface area contributed by atoms with Crippen molar-refractivity contribution in [2.24, 2.45) is 56.2 Å². The van der Waals surface area contributed by atoms with Crippen molar-refractivity contribution in [2.75, 3.05) is 19.8 Å². The number of halogens is 6. The van der Waals surface area contributed by atoms with Gasteiger partial charge in [-0.2, -0.15) is 0 Å². The van der Waals surface area contributed by atoms with Gasteiger partial charge in [0.2, 0.25) is 0 Å². The zero-order valence-corrected chi connectivity index (χ0v) is 102. The molecular weight excluding hydrogens is 1780 g/mol. The van der Waals surface area contributed by atoms with E-state index in [1.165, 1.54) is 95.3 Å². The second-order valence-electron chi connectivity index (χ2n) is 61.2. The maximum absolute atomic E-state index is 14.6. The normalized spacial score (nSPS) is 18.1. The van der Waals surface area contributed by atoms with Crippen LogP contribution in [0.3, 0.4) is 0 Å². The van der Waals surface area contributed by atoms with Crippen LogP contribution in [0, 0.1) is 91.1 Å². The van der Waals surface area contributed by atoms with Crippen molar-refractivity contribution in [2.45, 2.75) is 490 Å². The molecule has 1 aliphatic carbocycles. The largest absolute Gasteiger partial charge is 0.377 e. The van der Waals surface area contributed by atoms with Crippen LogP contribution in [0.2, 0.25) is 0 Å². The Morgan fingerprint density at radius 2 is 0.451 bits per heavy atom. The van der Waals surface area contributed by atoms with E-state index in [9.17, 15) is 26.3 Å². The van der Waals surface area contributed by atoms with E-state index in [2.05, 4.69) is 337 Å². The second kappa shape index (κ2) is 48.2. The fraction of sp³-hybridized carbons (Fsp3) is 0.644. The van der Waals surface area contributed by atoms with E-state index in [0.29, 0.717) is 50.0 Å². The molecule has 2 saturated heterocycles. The molecule has 3 nitrogen and oxygen atoms in total. The number of benzene rings is 9. The quantitative estimate of drug-likeness (QED) is 0.142. The van der Waals surface area contributed by atoms with Crippen LogP contribution in [0.5, 0.6) is 0 Å². The average Bonchev–Trinajstić information content (AvgIpc) is 0.755. The number of fused-ring (bicyclic) bond motifs is 3. The molecule has 0 aromatic heterocycles. The maximum atomic E-state index is 14.6. The fourth-order valence-corrected chi connectivity index (χ4v) is 18.2. The molecule has 3 aliphatic rings. The zero-order valence-electron chi connectivity index (χ0n) is 102. The molecule has 144 heavy (non-hydrogen) atoms. The van der Waals surface area contributed by atoms with Crippen molar-refractivity contribution in [3.63, 3.8) is 0 Å². The van der Waals surface area contributed by atoms with Crippen molar-refractivity contribution in [3.8, 4) is 0 Å². The molecule has 0 N–H and O–H groups in total. The van der Waals surface area contributed by atoms with E-state index in [1.54, 1.807) is 12.1 Å². The molecular formula is C135H210F6O3. The highest BCUT2D eigenvalue weighted by molar-refractivity contribution is 5.87. The van der Waals surface area contributed by atoms with Crippen LogP contribution < -0.4 is 0 Å². The van der Waals surface area contributed by atoms with Crippen LogP contribution >= 0.6 is 0 Å². The lowest BCUT2D eigenvalue weighted by molar-refractivity contribution is -0.253. The topological polar surface area (TPSA) is 27.7 Å². The van der Waals surface area contributed by atoms with Gasteiger partial charge in [-0.25, -0.2) is 26.3 Å². The van der Waals surface area contributed by atoms with Crippen molar-refractivity contribution >= 4 is 32.3 Å². The highest BCUT2D eigenvalue weighted by atomic mass is 19.2. The Bertz CT molecular complexity index is 5240. The standard InChI is InChI=1S/C18H22F2.C18H23F.C18H24.C14H20F2.C14H21F.C14H28.C14H22.C13H26O.C12H24O2/c1-17(2,3)12-7-8-13-11(9-12)10-14(19)15(16(13)20)18(4,5)6;1-17(2,3)13-8-9-14-12(11-13)7-10-15(16(14)19)18(4,5)6;1-17(2,3)15-9-7-14-12-16(18(4,5)6)10-8-13(14)11-15;1-13(2,3)9-7-10(15)12(11(16)8-9)14(4,5)6;1-13(2,3)10-7-8-11(12(15)9-10)14(4,5)6;2*1-13(2,3)11-7-9-12(10-8-11)14(4,5)6;1-12(2,3)10-7-8-11(14-9-10)13(4,5)6;1-11(2,3)9-7-13-10(14-8-9)12(4,5)6/h7-10H,1-6H3;7-11H,1-6H3;7-12H,1-6H3;7-8H,1-6H3;7-9H,1-6H3;11-12H,7-10H2,1-6H3;7-10H,1-6H3;10-11H,7-9H2,1-6H3;9-10H,7-8H2,1-6H3. The lowest BCUT2D eigenvalue weighted by atomic mass is 9.64. The SMILES string of the molecule is CC(C)(C)C1CCC(C(C)(C)C)CC1.CC(C)(C)C1CCC(C(C)(C)C)OC1.CC(C)(C)C1COC(C(C)(C)C)OC1.CC(C)(C)c1cc(F)c(C(C)(C)C)c(F)c1.CC(C)(C)c1ccc(C(C)(C)C)c(F)c1.CC(C)(C)c1ccc(C(C)(C)C)cc1.CC(C)(C)c1ccc2c(F)c(C(C)(C)C)c(F)cc2c1.CC(C)(C)c1ccc2c(F)c(C(C)(C)C)ccc2c1.CC(C)(C)c1ccc2cc(C(C)(C)C)ccc2c1. The van der Waals surface area contributed by atoms with Gasteiger partial charge in [-0.05, 0) is 250 Å². The summed E-state index contributed by atoms with van der Waals surface area (Å²) in [5, 5.41) is 5.51. The van der Waals surface area contributed by atoms with Crippen molar-refractivity contribution < 1.29 is 40.6 Å². The molecule has 3 fully saturated rings. The predicted molar refractivity (Wildman–Crippen MR) is 619 cm³/mol. The molecule has 9 heteroatoms. The Hall–Kier alpha value is -6.78. The monoisotopic (exact) mass is 1990 g/mol. The predicted octanol–water partition coefficient (Wildman–Crippen LogP) is 41.8. The number of rotatable bonds is 0. The van der Waals surface area contributed by atoms with Crippen LogP contribution in [-0.4, -0.2) is 32.2 Å². The molecule has 2 atom stereocenters. The molecule has 0 bridgehead atoms. The summed E-state index contributed by atoms with van der Waals surface area (Å²) in [7, 11) is 0. The molecule has 2 heterocycles. The van der Waals surface area contributed by atoms with Gasteiger partial charge in [0.1, 0.15) is 34.9 Å². The molecule has 9 aromatic carbocycles. The minimum absolute atomic E-state index is 0.0112. The van der Waals surface area contributed by atoms with Gasteiger partial charge in [0, 0.05) is 33.2 Å². The van der Waals surface area contributed by atoms with E-state index in [-0.39, 0.29) is 94.0 Å². The van der Waals surface area contributed by atoms with Gasteiger partial charge < -0.3 is 14.2 Å². The van der Waals surface area contributed by atoms with Gasteiger partial charge >= 0.3 is 0 Å². The third kappa shape index (κ3) is 39.9. The highest BCUT2D eigenvalue weighted by Gasteiger charge is 2.40. The van der Waals surface area contributed by atoms with Crippen LogP contribution in [0.1, 0.15) is 479 Å². The zero-order chi connectivity index (χ0) is 112.